The van der Waals surface area contributed by atoms with Crippen LogP contribution in [-0.2, 0) is 10.2 Å². The normalized spacial score (nSPS) is 39.0. The Hall–Kier alpha value is -1.51. The summed E-state index contributed by atoms with van der Waals surface area (Å²) in [4.78, 5) is 11.7. The van der Waals surface area contributed by atoms with Crippen LogP contribution in [-0.4, -0.2) is 18.2 Å². The minimum Gasteiger partial charge on any atom is -0.497 e. The van der Waals surface area contributed by atoms with E-state index >= 15 is 0 Å². The van der Waals surface area contributed by atoms with Gasteiger partial charge in [0.1, 0.15) is 5.75 Å². The number of carboxylic acid groups (broad SMARTS) is 1. The van der Waals surface area contributed by atoms with Gasteiger partial charge < -0.3 is 9.84 Å². The maximum absolute atomic E-state index is 11.7. The summed E-state index contributed by atoms with van der Waals surface area (Å²) in [7, 11) is 1.67. The minimum atomic E-state index is -0.650. The topological polar surface area (TPSA) is 46.5 Å². The van der Waals surface area contributed by atoms with E-state index in [0.717, 1.165) is 17.6 Å². The predicted octanol–water partition coefficient (Wildman–Crippen LogP) is 3.86. The van der Waals surface area contributed by atoms with E-state index < -0.39 is 5.97 Å². The van der Waals surface area contributed by atoms with Gasteiger partial charge in [-0.05, 0) is 73.5 Å². The van der Waals surface area contributed by atoms with E-state index in [1.54, 1.807) is 7.11 Å². The van der Waals surface area contributed by atoms with Crippen molar-refractivity contribution in [3.63, 3.8) is 0 Å². The molecule has 22 heavy (non-hydrogen) atoms. The summed E-state index contributed by atoms with van der Waals surface area (Å²) in [6.45, 7) is 0. The molecule has 0 amide bonds. The Morgan fingerprint density at radius 2 is 1.64 bits per heavy atom. The molecular weight excluding hydrogens is 276 g/mol. The molecule has 4 bridgehead atoms. The molecule has 0 aliphatic heterocycles. The lowest BCUT2D eigenvalue weighted by molar-refractivity contribution is -0.144. The van der Waals surface area contributed by atoms with Crippen molar-refractivity contribution in [2.75, 3.05) is 7.11 Å². The highest BCUT2D eigenvalue weighted by molar-refractivity contribution is 5.69. The standard InChI is InChI=1S/C19H24O3/c1-22-17-4-2-14(3-5-17)19(11-18(20)21)15-7-12-6-13(9-15)10-16(19)8-12/h2-5,12-13,15-16H,6-11H2,1H3,(H,20,21). The molecule has 0 aromatic heterocycles. The van der Waals surface area contributed by atoms with E-state index in [0.29, 0.717) is 11.8 Å². The molecule has 3 nitrogen and oxygen atoms in total. The summed E-state index contributed by atoms with van der Waals surface area (Å²) in [5.74, 6) is 2.99. The highest BCUT2D eigenvalue weighted by Crippen LogP contribution is 2.64. The number of aliphatic carboxylic acids is 1. The molecule has 118 valence electrons. The number of hydrogen-bond donors (Lipinski definition) is 1. The van der Waals surface area contributed by atoms with Crippen LogP contribution >= 0.6 is 0 Å². The molecule has 3 heteroatoms. The van der Waals surface area contributed by atoms with E-state index in [1.807, 2.05) is 12.1 Å². The summed E-state index contributed by atoms with van der Waals surface area (Å²) < 4.78 is 5.27. The van der Waals surface area contributed by atoms with Gasteiger partial charge in [0.25, 0.3) is 0 Å². The van der Waals surface area contributed by atoms with Crippen molar-refractivity contribution in [1.29, 1.82) is 0 Å². The zero-order valence-electron chi connectivity index (χ0n) is 13.1. The smallest absolute Gasteiger partial charge is 0.304 e. The van der Waals surface area contributed by atoms with E-state index in [9.17, 15) is 9.90 Å². The van der Waals surface area contributed by atoms with E-state index in [2.05, 4.69) is 12.1 Å². The maximum atomic E-state index is 11.7. The lowest BCUT2D eigenvalue weighted by atomic mass is 9.43. The molecule has 1 N–H and O–H groups in total. The number of hydrogen-bond acceptors (Lipinski definition) is 2. The minimum absolute atomic E-state index is 0.147. The average molecular weight is 300 g/mol. The van der Waals surface area contributed by atoms with Crippen LogP contribution in [0.3, 0.4) is 0 Å². The molecule has 0 unspecified atom stereocenters. The Labute approximate surface area is 131 Å². The van der Waals surface area contributed by atoms with Crippen LogP contribution in [0.1, 0.15) is 44.1 Å². The molecule has 4 fully saturated rings. The SMILES string of the molecule is COc1ccc(C2(CC(=O)O)C3CC4CC(C3)CC2C4)cc1. The van der Waals surface area contributed by atoms with Crippen LogP contribution in [0, 0.1) is 23.7 Å². The fourth-order valence-corrected chi connectivity index (χ4v) is 6.04. The number of carbonyl (C=O) groups is 1. The molecule has 5 rings (SSSR count). The first kappa shape index (κ1) is 14.1. The van der Waals surface area contributed by atoms with Crippen LogP contribution in [0.25, 0.3) is 0 Å². The van der Waals surface area contributed by atoms with Gasteiger partial charge in [-0.2, -0.15) is 0 Å². The fourth-order valence-electron chi connectivity index (χ4n) is 6.04. The van der Waals surface area contributed by atoms with Gasteiger partial charge in [0.15, 0.2) is 0 Å². The van der Waals surface area contributed by atoms with E-state index in [4.69, 9.17) is 4.74 Å². The molecule has 4 aliphatic carbocycles. The monoisotopic (exact) mass is 300 g/mol. The van der Waals surface area contributed by atoms with Gasteiger partial charge in [-0.15, -0.1) is 0 Å². The van der Waals surface area contributed by atoms with Gasteiger partial charge in [-0.1, -0.05) is 12.1 Å². The lowest BCUT2D eigenvalue weighted by Gasteiger charge is -2.61. The predicted molar refractivity (Wildman–Crippen MR) is 84.0 cm³/mol. The highest BCUT2D eigenvalue weighted by atomic mass is 16.5. The zero-order chi connectivity index (χ0) is 15.3. The second-order valence-corrected chi connectivity index (χ2v) is 7.64. The van der Waals surface area contributed by atoms with Crippen LogP contribution in [0.15, 0.2) is 24.3 Å². The van der Waals surface area contributed by atoms with Crippen molar-refractivity contribution >= 4 is 5.97 Å². The molecule has 0 atom stereocenters. The maximum Gasteiger partial charge on any atom is 0.304 e. The first-order valence-electron chi connectivity index (χ1n) is 8.48. The van der Waals surface area contributed by atoms with Crippen molar-refractivity contribution in [2.24, 2.45) is 23.7 Å². The Bertz CT molecular complexity index is 547. The number of rotatable bonds is 4. The van der Waals surface area contributed by atoms with Gasteiger partial charge in [0.05, 0.1) is 13.5 Å². The van der Waals surface area contributed by atoms with Crippen molar-refractivity contribution in [3.8, 4) is 5.75 Å². The summed E-state index contributed by atoms with van der Waals surface area (Å²) in [5, 5.41) is 9.60. The van der Waals surface area contributed by atoms with Gasteiger partial charge in [-0.3, -0.25) is 4.79 Å². The lowest BCUT2D eigenvalue weighted by Crippen LogP contribution is -2.56. The molecule has 1 aromatic rings. The van der Waals surface area contributed by atoms with Gasteiger partial charge in [-0.25, -0.2) is 0 Å². The Kier molecular flexibility index (Phi) is 3.21. The van der Waals surface area contributed by atoms with Gasteiger partial charge in [0, 0.05) is 5.41 Å². The Morgan fingerprint density at radius 1 is 1.09 bits per heavy atom. The zero-order valence-corrected chi connectivity index (χ0v) is 13.1. The van der Waals surface area contributed by atoms with Gasteiger partial charge in [0.2, 0.25) is 0 Å². The second-order valence-electron chi connectivity index (χ2n) is 7.64. The molecule has 1 aromatic carbocycles. The van der Waals surface area contributed by atoms with Crippen LogP contribution in [0.5, 0.6) is 5.75 Å². The molecule has 0 saturated heterocycles. The summed E-state index contributed by atoms with van der Waals surface area (Å²) in [5.41, 5.74) is 1.08. The highest BCUT2D eigenvalue weighted by Gasteiger charge is 2.58. The first-order valence-corrected chi connectivity index (χ1v) is 8.48. The fraction of sp³-hybridized carbons (Fsp3) is 0.632. The van der Waals surface area contributed by atoms with E-state index in [-0.39, 0.29) is 11.8 Å². The molecule has 4 aliphatic rings. The molecular formula is C19H24O3. The van der Waals surface area contributed by atoms with Crippen molar-refractivity contribution < 1.29 is 14.6 Å². The van der Waals surface area contributed by atoms with E-state index in [1.165, 1.54) is 37.7 Å². The van der Waals surface area contributed by atoms with Crippen LogP contribution < -0.4 is 4.74 Å². The number of carboxylic acids is 1. The third kappa shape index (κ3) is 1.98. The van der Waals surface area contributed by atoms with Crippen LogP contribution in [0.2, 0.25) is 0 Å². The second kappa shape index (κ2) is 5.00. The summed E-state index contributed by atoms with van der Waals surface area (Å²) in [6, 6.07) is 8.21. The average Bonchev–Trinajstić information content (AvgIpc) is 2.50. The quantitative estimate of drug-likeness (QED) is 0.918. The summed E-state index contributed by atoms with van der Waals surface area (Å²) in [6.07, 6.45) is 6.59. The molecule has 0 radical (unpaired) electrons. The van der Waals surface area contributed by atoms with Crippen molar-refractivity contribution in [3.05, 3.63) is 29.8 Å². The Morgan fingerprint density at radius 3 is 2.09 bits per heavy atom. The largest absolute Gasteiger partial charge is 0.497 e. The molecule has 4 saturated carbocycles. The molecule has 0 spiro atoms. The van der Waals surface area contributed by atoms with Crippen LogP contribution in [0.4, 0.5) is 0 Å². The number of ether oxygens (including phenoxy) is 1. The number of benzene rings is 1. The van der Waals surface area contributed by atoms with Crippen molar-refractivity contribution in [1.82, 2.24) is 0 Å². The third-order valence-electron chi connectivity index (χ3n) is 6.67. The summed E-state index contributed by atoms with van der Waals surface area (Å²) >= 11 is 0. The Balaban J connectivity index is 1.78. The van der Waals surface area contributed by atoms with Crippen molar-refractivity contribution in [2.45, 2.75) is 43.9 Å². The first-order chi connectivity index (χ1) is 10.6. The van der Waals surface area contributed by atoms with Gasteiger partial charge >= 0.3 is 5.97 Å². The third-order valence-corrected chi connectivity index (χ3v) is 6.67. The number of methoxy groups -OCH3 is 1. The molecule has 0 heterocycles.